The summed E-state index contributed by atoms with van der Waals surface area (Å²) in [5.41, 5.74) is 0. The Morgan fingerprint density at radius 3 is 2.50 bits per heavy atom. The third-order valence-corrected chi connectivity index (χ3v) is 3.86. The van der Waals surface area contributed by atoms with Gasteiger partial charge in [0.1, 0.15) is 12.1 Å². The molecule has 0 saturated carbocycles. The van der Waals surface area contributed by atoms with Gasteiger partial charge in [-0.3, -0.25) is 4.79 Å². The van der Waals surface area contributed by atoms with Crippen LogP contribution in [0.4, 0.5) is 4.79 Å². The van der Waals surface area contributed by atoms with Gasteiger partial charge in [-0.2, -0.15) is 0 Å². The Hall–Kier alpha value is -1.83. The van der Waals surface area contributed by atoms with E-state index in [9.17, 15) is 19.5 Å². The van der Waals surface area contributed by atoms with Gasteiger partial charge in [-0.25, -0.2) is 9.59 Å². The molecule has 8 heteroatoms. The number of hydrogen-bond donors (Lipinski definition) is 3. The minimum Gasteiger partial charge on any atom is -0.480 e. The number of likely N-dealkylation sites (N-methyl/N-ethyl adjacent to an activating group) is 1. The van der Waals surface area contributed by atoms with Gasteiger partial charge in [0.05, 0.1) is 6.10 Å². The van der Waals surface area contributed by atoms with Crippen LogP contribution in [0.5, 0.6) is 0 Å². The molecule has 3 amide bonds. The minimum absolute atomic E-state index is 0.00718. The Labute approximate surface area is 116 Å². The van der Waals surface area contributed by atoms with Crippen molar-refractivity contribution in [3.05, 3.63) is 0 Å². The molecule has 2 heterocycles. The third kappa shape index (κ3) is 2.55. The number of nitrogens with zero attached hydrogens (tertiary/aromatic N) is 2. The van der Waals surface area contributed by atoms with Gasteiger partial charge in [0.15, 0.2) is 0 Å². The molecule has 3 atom stereocenters. The fraction of sp³-hybridized carbons (Fsp3) is 0.750. The number of carboxylic acids is 1. The predicted octanol–water partition coefficient (Wildman–Crippen LogP) is -1.16. The lowest BCUT2D eigenvalue weighted by atomic mass is 10.2. The average Bonchev–Trinajstić information content (AvgIpc) is 3.03. The molecule has 112 valence electrons. The Kier molecular flexibility index (Phi) is 4.12. The highest BCUT2D eigenvalue weighted by molar-refractivity contribution is 5.89. The normalized spacial score (nSPS) is 29.6. The maximum atomic E-state index is 12.4. The second-order valence-electron chi connectivity index (χ2n) is 5.14. The Morgan fingerprint density at radius 1 is 1.20 bits per heavy atom. The van der Waals surface area contributed by atoms with Crippen LogP contribution in [0.2, 0.25) is 0 Å². The lowest BCUT2D eigenvalue weighted by Crippen LogP contribution is -2.53. The molecule has 0 bridgehead atoms. The maximum absolute atomic E-state index is 12.4. The molecule has 2 unspecified atom stereocenters. The summed E-state index contributed by atoms with van der Waals surface area (Å²) in [6, 6.07) is -2.07. The van der Waals surface area contributed by atoms with Crippen molar-refractivity contribution in [2.75, 3.05) is 20.1 Å². The molecule has 2 aliphatic heterocycles. The lowest BCUT2D eigenvalue weighted by molar-refractivity contribution is -0.141. The first-order chi connectivity index (χ1) is 9.45. The molecule has 2 rings (SSSR count). The Morgan fingerprint density at radius 2 is 1.90 bits per heavy atom. The van der Waals surface area contributed by atoms with E-state index >= 15 is 0 Å². The molecule has 0 aromatic heterocycles. The van der Waals surface area contributed by atoms with E-state index in [0.717, 1.165) is 4.90 Å². The first kappa shape index (κ1) is 14.6. The number of urea groups is 1. The number of likely N-dealkylation sites (tertiary alicyclic amines) is 2. The minimum atomic E-state index is -1.13. The van der Waals surface area contributed by atoms with Crippen LogP contribution >= 0.6 is 0 Å². The van der Waals surface area contributed by atoms with Crippen molar-refractivity contribution in [3.63, 3.8) is 0 Å². The third-order valence-electron chi connectivity index (χ3n) is 3.86. The maximum Gasteiger partial charge on any atom is 0.326 e. The van der Waals surface area contributed by atoms with Crippen molar-refractivity contribution in [1.82, 2.24) is 15.1 Å². The number of carbonyl (C=O) groups is 3. The van der Waals surface area contributed by atoms with Crippen LogP contribution in [-0.2, 0) is 9.59 Å². The van der Waals surface area contributed by atoms with Gasteiger partial charge < -0.3 is 25.3 Å². The number of aliphatic hydroxyl groups is 1. The van der Waals surface area contributed by atoms with E-state index < -0.39 is 30.2 Å². The zero-order valence-electron chi connectivity index (χ0n) is 11.3. The average molecular weight is 285 g/mol. The highest BCUT2D eigenvalue weighted by Crippen LogP contribution is 2.25. The molecule has 0 aromatic carbocycles. The predicted molar refractivity (Wildman–Crippen MR) is 67.9 cm³/mol. The first-order valence-corrected chi connectivity index (χ1v) is 6.65. The summed E-state index contributed by atoms with van der Waals surface area (Å²) in [6.45, 7) is 0.419. The molecule has 2 aliphatic rings. The lowest BCUT2D eigenvalue weighted by Gasteiger charge is -2.30. The Bertz CT molecular complexity index is 427. The van der Waals surface area contributed by atoms with Crippen molar-refractivity contribution in [1.29, 1.82) is 0 Å². The number of aliphatic carboxylic acids is 1. The van der Waals surface area contributed by atoms with E-state index in [1.807, 2.05) is 0 Å². The van der Waals surface area contributed by atoms with Crippen molar-refractivity contribution in [2.45, 2.75) is 37.5 Å². The van der Waals surface area contributed by atoms with E-state index in [0.29, 0.717) is 19.4 Å². The standard InChI is InChI=1S/C12H19N3O5/c1-13-10(17)8-3-2-4-14(8)12(20)15-6-7(16)5-9(15)11(18)19/h7-9,16H,2-6H2,1H3,(H,13,17)(H,18,19)/t7?,8?,9-/m0/s1. The van der Waals surface area contributed by atoms with Gasteiger partial charge in [-0.15, -0.1) is 0 Å². The van der Waals surface area contributed by atoms with Crippen LogP contribution in [0, 0.1) is 0 Å². The van der Waals surface area contributed by atoms with Crippen molar-refractivity contribution >= 4 is 17.9 Å². The molecule has 0 spiro atoms. The summed E-state index contributed by atoms with van der Waals surface area (Å²) < 4.78 is 0. The van der Waals surface area contributed by atoms with E-state index in [1.54, 1.807) is 0 Å². The number of nitrogens with one attached hydrogen (secondary N) is 1. The highest BCUT2D eigenvalue weighted by Gasteiger charge is 2.44. The monoisotopic (exact) mass is 285 g/mol. The first-order valence-electron chi connectivity index (χ1n) is 6.65. The zero-order chi connectivity index (χ0) is 14.9. The quantitative estimate of drug-likeness (QED) is 0.592. The number of aliphatic hydroxyl groups excluding tert-OH is 1. The fourth-order valence-corrected chi connectivity index (χ4v) is 2.86. The van der Waals surface area contributed by atoms with Gasteiger partial charge in [-0.1, -0.05) is 0 Å². The SMILES string of the molecule is CNC(=O)C1CCCN1C(=O)N1CC(O)C[C@H]1C(=O)O. The van der Waals surface area contributed by atoms with Gasteiger partial charge in [0.2, 0.25) is 5.91 Å². The largest absolute Gasteiger partial charge is 0.480 e. The second kappa shape index (κ2) is 5.66. The van der Waals surface area contributed by atoms with E-state index in [1.165, 1.54) is 11.9 Å². The number of carboxylic acid groups (broad SMARTS) is 1. The molecule has 3 N–H and O–H groups in total. The van der Waals surface area contributed by atoms with Crippen LogP contribution in [0.25, 0.3) is 0 Å². The van der Waals surface area contributed by atoms with Crippen molar-refractivity contribution < 1.29 is 24.6 Å². The zero-order valence-corrected chi connectivity index (χ0v) is 11.3. The van der Waals surface area contributed by atoms with Gasteiger partial charge in [0, 0.05) is 26.6 Å². The molecule has 0 radical (unpaired) electrons. The number of carbonyl (C=O) groups excluding carboxylic acids is 2. The fourth-order valence-electron chi connectivity index (χ4n) is 2.86. The molecule has 0 aromatic rings. The van der Waals surface area contributed by atoms with Crippen LogP contribution in [0.1, 0.15) is 19.3 Å². The van der Waals surface area contributed by atoms with E-state index in [4.69, 9.17) is 5.11 Å². The van der Waals surface area contributed by atoms with E-state index in [-0.39, 0.29) is 18.9 Å². The Balaban J connectivity index is 2.13. The van der Waals surface area contributed by atoms with Gasteiger partial charge in [0.25, 0.3) is 0 Å². The number of hydrogen-bond acceptors (Lipinski definition) is 4. The summed E-state index contributed by atoms with van der Waals surface area (Å²) in [6.07, 6.45) is 0.470. The molecular weight excluding hydrogens is 266 g/mol. The van der Waals surface area contributed by atoms with Crippen molar-refractivity contribution in [3.8, 4) is 0 Å². The van der Waals surface area contributed by atoms with Crippen LogP contribution in [0.3, 0.4) is 0 Å². The highest BCUT2D eigenvalue weighted by atomic mass is 16.4. The summed E-state index contributed by atoms with van der Waals surface area (Å²) in [7, 11) is 1.50. The van der Waals surface area contributed by atoms with Gasteiger partial charge in [-0.05, 0) is 12.8 Å². The van der Waals surface area contributed by atoms with Crippen LogP contribution in [-0.4, -0.2) is 76.2 Å². The number of β-amino-alcohol motifs (C(OH)–C–C–N with tert-alkyl or cyclic N) is 1. The number of amides is 3. The summed E-state index contributed by atoms with van der Waals surface area (Å²) >= 11 is 0. The molecular formula is C12H19N3O5. The number of rotatable bonds is 2. The molecule has 2 fully saturated rings. The van der Waals surface area contributed by atoms with Crippen LogP contribution < -0.4 is 5.32 Å². The molecule has 8 nitrogen and oxygen atoms in total. The summed E-state index contributed by atoms with van der Waals surface area (Å²) in [5, 5.41) is 21.2. The van der Waals surface area contributed by atoms with Crippen LogP contribution in [0.15, 0.2) is 0 Å². The smallest absolute Gasteiger partial charge is 0.326 e. The molecule has 0 aliphatic carbocycles. The van der Waals surface area contributed by atoms with Gasteiger partial charge >= 0.3 is 12.0 Å². The van der Waals surface area contributed by atoms with E-state index in [2.05, 4.69) is 5.32 Å². The summed E-state index contributed by atoms with van der Waals surface area (Å²) in [4.78, 5) is 37.9. The molecule has 20 heavy (non-hydrogen) atoms. The second-order valence-corrected chi connectivity index (χ2v) is 5.14. The topological polar surface area (TPSA) is 110 Å². The summed E-state index contributed by atoms with van der Waals surface area (Å²) in [5.74, 6) is -1.38. The molecule has 2 saturated heterocycles. The van der Waals surface area contributed by atoms with Crippen molar-refractivity contribution in [2.24, 2.45) is 0 Å².